The average molecular weight is 287 g/mol. The van der Waals surface area contributed by atoms with Gasteiger partial charge in [-0.25, -0.2) is 4.39 Å². The van der Waals surface area contributed by atoms with Gasteiger partial charge in [0.1, 0.15) is 11.6 Å². The van der Waals surface area contributed by atoms with Crippen molar-refractivity contribution in [3.05, 3.63) is 65.5 Å². The van der Waals surface area contributed by atoms with Gasteiger partial charge in [-0.3, -0.25) is 0 Å². The normalized spacial score (nSPS) is 12.4. The minimum Gasteiger partial charge on any atom is -0.491 e. The van der Waals surface area contributed by atoms with Gasteiger partial charge in [0.2, 0.25) is 0 Å². The van der Waals surface area contributed by atoms with Crippen LogP contribution in [-0.4, -0.2) is 6.10 Å². The summed E-state index contributed by atoms with van der Waals surface area (Å²) in [6, 6.07) is 14.7. The van der Waals surface area contributed by atoms with Crippen LogP contribution in [0.4, 0.5) is 4.39 Å². The fourth-order valence-electron chi connectivity index (χ4n) is 2.22. The fraction of sp³-hybridized carbons (Fsp3) is 0.333. The van der Waals surface area contributed by atoms with Crippen molar-refractivity contribution < 1.29 is 9.13 Å². The van der Waals surface area contributed by atoms with Crippen LogP contribution in [0, 0.1) is 5.82 Å². The van der Waals surface area contributed by atoms with E-state index in [2.05, 4.69) is 5.32 Å². The largest absolute Gasteiger partial charge is 0.491 e. The molecule has 1 N–H and O–H groups in total. The summed E-state index contributed by atoms with van der Waals surface area (Å²) in [6.07, 6.45) is 0.134. The first kappa shape index (κ1) is 15.5. The lowest BCUT2D eigenvalue weighted by Gasteiger charge is -2.18. The molecule has 3 heteroatoms. The molecule has 0 saturated carbocycles. The highest BCUT2D eigenvalue weighted by atomic mass is 19.1. The summed E-state index contributed by atoms with van der Waals surface area (Å²) in [5.41, 5.74) is 1.76. The SMILES string of the molecule is CC(C)Oc1ccccc1CNC(C)c1ccccc1F. The molecule has 0 aliphatic heterocycles. The smallest absolute Gasteiger partial charge is 0.127 e. The highest BCUT2D eigenvalue weighted by Crippen LogP contribution is 2.21. The molecule has 0 fully saturated rings. The van der Waals surface area contributed by atoms with Gasteiger partial charge in [0.25, 0.3) is 0 Å². The summed E-state index contributed by atoms with van der Waals surface area (Å²) in [6.45, 7) is 6.61. The van der Waals surface area contributed by atoms with Gasteiger partial charge in [0, 0.05) is 23.7 Å². The minimum absolute atomic E-state index is 0.0571. The van der Waals surface area contributed by atoms with Crippen molar-refractivity contribution in [2.75, 3.05) is 0 Å². The Hall–Kier alpha value is -1.87. The van der Waals surface area contributed by atoms with E-state index in [1.165, 1.54) is 6.07 Å². The zero-order chi connectivity index (χ0) is 15.2. The first-order chi connectivity index (χ1) is 10.1. The highest BCUT2D eigenvalue weighted by Gasteiger charge is 2.11. The summed E-state index contributed by atoms with van der Waals surface area (Å²) in [5, 5.41) is 3.35. The molecule has 0 radical (unpaired) electrons. The predicted molar refractivity (Wildman–Crippen MR) is 83.9 cm³/mol. The first-order valence-corrected chi connectivity index (χ1v) is 7.30. The number of ether oxygens (including phenoxy) is 1. The highest BCUT2D eigenvalue weighted by molar-refractivity contribution is 5.33. The Labute approximate surface area is 126 Å². The molecule has 0 spiro atoms. The van der Waals surface area contributed by atoms with E-state index >= 15 is 0 Å². The average Bonchev–Trinajstić information content (AvgIpc) is 2.46. The maximum absolute atomic E-state index is 13.8. The molecule has 2 aromatic rings. The zero-order valence-electron chi connectivity index (χ0n) is 12.8. The Morgan fingerprint density at radius 2 is 1.67 bits per heavy atom. The van der Waals surface area contributed by atoms with Crippen LogP contribution in [0.5, 0.6) is 5.75 Å². The standard InChI is InChI=1S/C18H22FNO/c1-13(2)21-18-11-7-4-8-15(18)12-20-14(3)16-9-5-6-10-17(16)19/h4-11,13-14,20H,12H2,1-3H3. The van der Waals surface area contributed by atoms with Crippen LogP contribution < -0.4 is 10.1 Å². The number of para-hydroxylation sites is 1. The molecule has 2 rings (SSSR count). The molecular weight excluding hydrogens is 265 g/mol. The zero-order valence-corrected chi connectivity index (χ0v) is 12.8. The minimum atomic E-state index is -0.177. The van der Waals surface area contributed by atoms with E-state index in [4.69, 9.17) is 4.74 Å². The lowest BCUT2D eigenvalue weighted by Crippen LogP contribution is -2.20. The molecule has 1 unspecified atom stereocenters. The lowest BCUT2D eigenvalue weighted by molar-refractivity contribution is 0.239. The third-order valence-corrected chi connectivity index (χ3v) is 3.31. The van der Waals surface area contributed by atoms with E-state index < -0.39 is 0 Å². The second-order valence-electron chi connectivity index (χ2n) is 5.40. The van der Waals surface area contributed by atoms with E-state index in [-0.39, 0.29) is 18.0 Å². The van der Waals surface area contributed by atoms with Crippen molar-refractivity contribution in [1.82, 2.24) is 5.32 Å². The first-order valence-electron chi connectivity index (χ1n) is 7.30. The summed E-state index contributed by atoms with van der Waals surface area (Å²) >= 11 is 0. The Morgan fingerprint density at radius 1 is 1.00 bits per heavy atom. The van der Waals surface area contributed by atoms with E-state index in [0.717, 1.165) is 11.3 Å². The van der Waals surface area contributed by atoms with Gasteiger partial charge in [-0.2, -0.15) is 0 Å². The monoisotopic (exact) mass is 287 g/mol. The summed E-state index contributed by atoms with van der Waals surface area (Å²) < 4.78 is 19.5. The summed E-state index contributed by atoms with van der Waals surface area (Å²) in [5.74, 6) is 0.699. The summed E-state index contributed by atoms with van der Waals surface area (Å²) in [7, 11) is 0. The van der Waals surface area contributed by atoms with Crippen molar-refractivity contribution in [3.63, 3.8) is 0 Å². The second kappa shape index (κ2) is 7.23. The number of halogens is 1. The van der Waals surface area contributed by atoms with Crippen LogP contribution in [0.2, 0.25) is 0 Å². The van der Waals surface area contributed by atoms with Gasteiger partial charge >= 0.3 is 0 Å². The summed E-state index contributed by atoms with van der Waals surface area (Å²) in [4.78, 5) is 0. The van der Waals surface area contributed by atoms with Crippen molar-refractivity contribution >= 4 is 0 Å². The number of benzene rings is 2. The molecule has 0 saturated heterocycles. The number of rotatable bonds is 6. The molecule has 0 aliphatic carbocycles. The molecule has 21 heavy (non-hydrogen) atoms. The van der Waals surface area contributed by atoms with Gasteiger partial charge in [0.05, 0.1) is 6.10 Å². The molecule has 2 nitrogen and oxygen atoms in total. The van der Waals surface area contributed by atoms with E-state index in [1.54, 1.807) is 6.07 Å². The van der Waals surface area contributed by atoms with Crippen molar-refractivity contribution in [3.8, 4) is 5.75 Å². The predicted octanol–water partition coefficient (Wildman–Crippen LogP) is 4.46. The van der Waals surface area contributed by atoms with Crippen molar-refractivity contribution in [1.29, 1.82) is 0 Å². The van der Waals surface area contributed by atoms with Gasteiger partial charge < -0.3 is 10.1 Å². The molecule has 0 aromatic heterocycles. The number of hydrogen-bond acceptors (Lipinski definition) is 2. The number of nitrogens with one attached hydrogen (secondary N) is 1. The number of hydrogen-bond donors (Lipinski definition) is 1. The van der Waals surface area contributed by atoms with E-state index in [0.29, 0.717) is 12.1 Å². The quantitative estimate of drug-likeness (QED) is 0.846. The molecule has 112 valence electrons. The third kappa shape index (κ3) is 4.30. The van der Waals surface area contributed by atoms with Gasteiger partial charge in [0.15, 0.2) is 0 Å². The van der Waals surface area contributed by atoms with Crippen molar-refractivity contribution in [2.24, 2.45) is 0 Å². The second-order valence-corrected chi connectivity index (χ2v) is 5.40. The van der Waals surface area contributed by atoms with Crippen LogP contribution >= 0.6 is 0 Å². The van der Waals surface area contributed by atoms with Crippen LogP contribution in [0.15, 0.2) is 48.5 Å². The molecule has 0 bridgehead atoms. The molecule has 1 atom stereocenters. The third-order valence-electron chi connectivity index (χ3n) is 3.31. The Balaban J connectivity index is 2.05. The maximum atomic E-state index is 13.8. The van der Waals surface area contributed by atoms with Gasteiger partial charge in [-0.05, 0) is 32.9 Å². The van der Waals surface area contributed by atoms with E-state index in [9.17, 15) is 4.39 Å². The maximum Gasteiger partial charge on any atom is 0.127 e. The Kier molecular flexibility index (Phi) is 5.34. The van der Waals surface area contributed by atoms with Gasteiger partial charge in [-0.15, -0.1) is 0 Å². The molecule has 0 aliphatic rings. The lowest BCUT2D eigenvalue weighted by atomic mass is 10.1. The van der Waals surface area contributed by atoms with Crippen LogP contribution in [0.3, 0.4) is 0 Å². The molecule has 2 aromatic carbocycles. The Bertz CT molecular complexity index is 583. The van der Waals surface area contributed by atoms with E-state index in [1.807, 2.05) is 57.2 Å². The molecule has 0 amide bonds. The topological polar surface area (TPSA) is 21.3 Å². The molecular formula is C18H22FNO. The Morgan fingerprint density at radius 3 is 2.38 bits per heavy atom. The van der Waals surface area contributed by atoms with Crippen LogP contribution in [0.1, 0.15) is 37.9 Å². The fourth-order valence-corrected chi connectivity index (χ4v) is 2.22. The van der Waals surface area contributed by atoms with Gasteiger partial charge in [-0.1, -0.05) is 36.4 Å². The van der Waals surface area contributed by atoms with Crippen molar-refractivity contribution in [2.45, 2.75) is 39.5 Å². The van der Waals surface area contributed by atoms with Crippen LogP contribution in [0.25, 0.3) is 0 Å². The van der Waals surface area contributed by atoms with Crippen LogP contribution in [-0.2, 0) is 6.54 Å². The molecule has 0 heterocycles.